The van der Waals surface area contributed by atoms with E-state index in [1.54, 1.807) is 0 Å². The zero-order valence-electron chi connectivity index (χ0n) is 19.6. The van der Waals surface area contributed by atoms with Crippen molar-refractivity contribution in [2.45, 2.75) is 34.1 Å². The largest absolute Gasteiger partial charge is 0.507 e. The molecule has 0 saturated carbocycles. The molecule has 1 N–H and O–H groups in total. The maximum Gasteiger partial charge on any atom is 0.126 e. The van der Waals surface area contributed by atoms with E-state index in [-0.39, 0.29) is 0 Å². The Labute approximate surface area is 191 Å². The number of nitrogens with zero attached hydrogens (tertiary/aromatic N) is 1. The lowest BCUT2D eigenvalue weighted by molar-refractivity contribution is 0.221. The van der Waals surface area contributed by atoms with Crippen molar-refractivity contribution in [2.75, 3.05) is 26.2 Å². The van der Waals surface area contributed by atoms with E-state index in [1.165, 1.54) is 10.8 Å². The molecule has 0 fully saturated rings. The van der Waals surface area contributed by atoms with Crippen LogP contribution in [0.25, 0.3) is 21.5 Å². The normalized spacial score (nSPS) is 11.5. The maximum absolute atomic E-state index is 11.1. The van der Waals surface area contributed by atoms with Crippen molar-refractivity contribution >= 4 is 21.5 Å². The smallest absolute Gasteiger partial charge is 0.126 e. The Morgan fingerprint density at radius 1 is 0.781 bits per heavy atom. The molecule has 4 aromatic rings. The molecular weight excluding hydrogens is 394 g/mol. The van der Waals surface area contributed by atoms with E-state index >= 15 is 0 Å². The van der Waals surface area contributed by atoms with E-state index in [0.29, 0.717) is 18.8 Å². The van der Waals surface area contributed by atoms with Crippen LogP contribution in [-0.4, -0.2) is 36.2 Å². The summed E-state index contributed by atoms with van der Waals surface area (Å²) in [6, 6.07) is 21.0. The second-order valence-electron chi connectivity index (χ2n) is 8.52. The Morgan fingerprint density at radius 2 is 1.34 bits per heavy atom. The fourth-order valence-corrected chi connectivity index (χ4v) is 4.67. The first kappa shape index (κ1) is 22.2. The number of fused-ring (bicyclic) bond motifs is 2. The third-order valence-electron chi connectivity index (χ3n) is 6.51. The Hall–Kier alpha value is -3.04. The van der Waals surface area contributed by atoms with Gasteiger partial charge >= 0.3 is 0 Å². The van der Waals surface area contributed by atoms with E-state index in [9.17, 15) is 5.11 Å². The molecule has 0 aromatic heterocycles. The quantitative estimate of drug-likeness (QED) is 0.343. The van der Waals surface area contributed by atoms with Gasteiger partial charge in [-0.1, -0.05) is 62.4 Å². The van der Waals surface area contributed by atoms with Gasteiger partial charge in [-0.05, 0) is 71.7 Å². The van der Waals surface area contributed by atoms with Crippen LogP contribution in [0.5, 0.6) is 11.5 Å². The van der Waals surface area contributed by atoms with Crippen LogP contribution in [-0.2, 0) is 6.42 Å². The standard InChI is InChI=1S/C29H33NO2/c1-5-30(6-2)15-16-32-29-21(4)18-23-12-8-10-14-25(23)27(29)19-26-24-13-9-7-11-22(24)17-20(3)28(26)31/h7-14,17-18,31H,5-6,15-16,19H2,1-4H3. The molecule has 0 aliphatic rings. The molecule has 32 heavy (non-hydrogen) atoms. The monoisotopic (exact) mass is 427 g/mol. The van der Waals surface area contributed by atoms with Gasteiger partial charge in [-0.15, -0.1) is 0 Å². The molecular formula is C29H33NO2. The molecule has 0 heterocycles. The summed E-state index contributed by atoms with van der Waals surface area (Å²) < 4.78 is 6.44. The van der Waals surface area contributed by atoms with E-state index < -0.39 is 0 Å². The van der Waals surface area contributed by atoms with Crippen LogP contribution in [0.15, 0.2) is 60.7 Å². The molecule has 4 aromatic carbocycles. The van der Waals surface area contributed by atoms with Crippen LogP contribution in [0.4, 0.5) is 0 Å². The third-order valence-corrected chi connectivity index (χ3v) is 6.51. The summed E-state index contributed by atoms with van der Waals surface area (Å²) in [6.45, 7) is 12.0. The fourth-order valence-electron chi connectivity index (χ4n) is 4.67. The van der Waals surface area contributed by atoms with Crippen molar-refractivity contribution in [3.05, 3.63) is 82.9 Å². The number of aryl methyl sites for hydroxylation is 2. The van der Waals surface area contributed by atoms with Gasteiger partial charge in [-0.25, -0.2) is 0 Å². The predicted molar refractivity (Wildman–Crippen MR) is 135 cm³/mol. The van der Waals surface area contributed by atoms with Gasteiger partial charge < -0.3 is 14.7 Å². The summed E-state index contributed by atoms with van der Waals surface area (Å²) in [5, 5.41) is 15.7. The third kappa shape index (κ3) is 4.31. The SMILES string of the molecule is CCN(CC)CCOc1c(C)cc2ccccc2c1Cc1c(O)c(C)cc2ccccc12. The molecule has 0 atom stereocenters. The zero-order chi connectivity index (χ0) is 22.7. The van der Waals surface area contributed by atoms with Gasteiger partial charge in [-0.2, -0.15) is 0 Å². The number of phenols is 1. The van der Waals surface area contributed by atoms with Gasteiger partial charge in [0.15, 0.2) is 0 Å². The van der Waals surface area contributed by atoms with Crippen LogP contribution in [0.3, 0.4) is 0 Å². The van der Waals surface area contributed by atoms with Crippen LogP contribution < -0.4 is 4.74 Å². The average Bonchev–Trinajstić information content (AvgIpc) is 2.80. The van der Waals surface area contributed by atoms with Crippen molar-refractivity contribution in [3.63, 3.8) is 0 Å². The van der Waals surface area contributed by atoms with Crippen molar-refractivity contribution in [1.82, 2.24) is 4.90 Å². The molecule has 0 aliphatic heterocycles. The van der Waals surface area contributed by atoms with E-state index in [4.69, 9.17) is 4.74 Å². The first-order valence-electron chi connectivity index (χ1n) is 11.6. The number of hydrogen-bond donors (Lipinski definition) is 1. The Balaban J connectivity index is 1.83. The molecule has 3 heteroatoms. The number of hydrogen-bond acceptors (Lipinski definition) is 3. The van der Waals surface area contributed by atoms with Crippen LogP contribution in [0.1, 0.15) is 36.1 Å². The number of phenolic OH excluding ortho intramolecular Hbond substituents is 1. The summed E-state index contributed by atoms with van der Waals surface area (Å²) in [5.41, 5.74) is 4.14. The van der Waals surface area contributed by atoms with Crippen molar-refractivity contribution in [2.24, 2.45) is 0 Å². The molecule has 0 aliphatic carbocycles. The molecule has 166 valence electrons. The summed E-state index contributed by atoms with van der Waals surface area (Å²) >= 11 is 0. The number of rotatable bonds is 8. The number of likely N-dealkylation sites (N-methyl/N-ethyl adjacent to an activating group) is 1. The van der Waals surface area contributed by atoms with Crippen molar-refractivity contribution < 1.29 is 9.84 Å². The van der Waals surface area contributed by atoms with Crippen LogP contribution in [0.2, 0.25) is 0 Å². The first-order valence-corrected chi connectivity index (χ1v) is 11.6. The number of ether oxygens (including phenoxy) is 1. The second kappa shape index (κ2) is 9.62. The Bertz CT molecular complexity index is 1240. The molecule has 0 spiro atoms. The minimum absolute atomic E-state index is 0.378. The molecule has 4 rings (SSSR count). The summed E-state index contributed by atoms with van der Waals surface area (Å²) in [7, 11) is 0. The van der Waals surface area contributed by atoms with Gasteiger partial charge in [0, 0.05) is 24.1 Å². The van der Waals surface area contributed by atoms with Gasteiger partial charge in [-0.3, -0.25) is 0 Å². The van der Waals surface area contributed by atoms with E-state index in [1.807, 2.05) is 19.1 Å². The highest BCUT2D eigenvalue weighted by Crippen LogP contribution is 2.38. The lowest BCUT2D eigenvalue weighted by atomic mass is 9.91. The summed E-state index contributed by atoms with van der Waals surface area (Å²) in [6.07, 6.45) is 0.622. The van der Waals surface area contributed by atoms with Gasteiger partial charge in [0.2, 0.25) is 0 Å². The van der Waals surface area contributed by atoms with Crippen LogP contribution >= 0.6 is 0 Å². The highest BCUT2D eigenvalue weighted by molar-refractivity contribution is 5.92. The molecule has 0 unspecified atom stereocenters. The molecule has 3 nitrogen and oxygen atoms in total. The van der Waals surface area contributed by atoms with Crippen molar-refractivity contribution in [3.8, 4) is 11.5 Å². The predicted octanol–water partition coefficient (Wildman–Crippen LogP) is 6.63. The lowest BCUT2D eigenvalue weighted by Gasteiger charge is -2.22. The van der Waals surface area contributed by atoms with Crippen molar-refractivity contribution in [1.29, 1.82) is 0 Å². The first-order chi connectivity index (χ1) is 15.5. The highest BCUT2D eigenvalue weighted by atomic mass is 16.5. The topological polar surface area (TPSA) is 32.7 Å². The molecule has 0 bridgehead atoms. The zero-order valence-corrected chi connectivity index (χ0v) is 19.6. The fraction of sp³-hybridized carbons (Fsp3) is 0.310. The number of benzene rings is 4. The summed E-state index contributed by atoms with van der Waals surface area (Å²) in [5.74, 6) is 1.32. The molecule has 0 amide bonds. The minimum Gasteiger partial charge on any atom is -0.507 e. The Morgan fingerprint density at radius 3 is 1.97 bits per heavy atom. The lowest BCUT2D eigenvalue weighted by Crippen LogP contribution is -2.28. The highest BCUT2D eigenvalue weighted by Gasteiger charge is 2.18. The Kier molecular flexibility index (Phi) is 6.66. The van der Waals surface area contributed by atoms with E-state index in [0.717, 1.165) is 58.4 Å². The molecule has 0 saturated heterocycles. The van der Waals surface area contributed by atoms with E-state index in [2.05, 4.69) is 74.2 Å². The van der Waals surface area contributed by atoms with Gasteiger partial charge in [0.1, 0.15) is 18.1 Å². The van der Waals surface area contributed by atoms with Crippen LogP contribution in [0, 0.1) is 13.8 Å². The maximum atomic E-state index is 11.1. The summed E-state index contributed by atoms with van der Waals surface area (Å²) in [4.78, 5) is 2.37. The second-order valence-corrected chi connectivity index (χ2v) is 8.52. The minimum atomic E-state index is 0.378. The average molecular weight is 428 g/mol. The molecule has 0 radical (unpaired) electrons. The number of aromatic hydroxyl groups is 1. The van der Waals surface area contributed by atoms with Gasteiger partial charge in [0.05, 0.1) is 0 Å². The van der Waals surface area contributed by atoms with Gasteiger partial charge in [0.25, 0.3) is 0 Å².